The summed E-state index contributed by atoms with van der Waals surface area (Å²) in [6, 6.07) is 0.406. The number of ether oxygens (including phenoxy) is 1. The summed E-state index contributed by atoms with van der Waals surface area (Å²) in [6.07, 6.45) is 2.20. The first-order valence-corrected chi connectivity index (χ1v) is 4.83. The quantitative estimate of drug-likeness (QED) is 0.563. The summed E-state index contributed by atoms with van der Waals surface area (Å²) in [4.78, 5) is 12.3. The lowest BCUT2D eigenvalue weighted by atomic mass is 10.2. The molecule has 0 aliphatic carbocycles. The van der Waals surface area contributed by atoms with Crippen LogP contribution < -0.4 is 0 Å². The molecule has 0 saturated carbocycles. The molecule has 78 valence electrons. The van der Waals surface area contributed by atoms with Gasteiger partial charge in [-0.1, -0.05) is 0 Å². The van der Waals surface area contributed by atoms with E-state index in [0.29, 0.717) is 18.7 Å². The van der Waals surface area contributed by atoms with Crippen molar-refractivity contribution in [3.63, 3.8) is 0 Å². The first-order valence-electron chi connectivity index (χ1n) is 4.83. The van der Waals surface area contributed by atoms with E-state index in [1.54, 1.807) is 0 Å². The van der Waals surface area contributed by atoms with E-state index in [1.165, 1.54) is 0 Å². The zero-order valence-electron chi connectivity index (χ0n) is 9.12. The Labute approximate surface area is 81.1 Å². The average Bonchev–Trinajstić information content (AvgIpc) is 2.04. The van der Waals surface area contributed by atoms with Crippen molar-refractivity contribution in [1.82, 2.24) is 4.90 Å². The van der Waals surface area contributed by atoms with Gasteiger partial charge in [-0.25, -0.2) is 0 Å². The van der Waals surface area contributed by atoms with Crippen molar-refractivity contribution in [2.24, 2.45) is 0 Å². The van der Waals surface area contributed by atoms with Crippen LogP contribution >= 0.6 is 0 Å². The molecule has 1 unspecified atom stereocenters. The third-order valence-corrected chi connectivity index (χ3v) is 2.10. The number of carbonyl (C=O) groups excluding carboxylic acids is 1. The van der Waals surface area contributed by atoms with E-state index in [-0.39, 0.29) is 0 Å². The van der Waals surface area contributed by atoms with E-state index in [1.807, 2.05) is 25.8 Å². The Kier molecular flexibility index (Phi) is 6.82. The molecular weight excluding hydrogens is 166 g/mol. The number of nitrogens with zero attached hydrogens (tertiary/aromatic N) is 1. The van der Waals surface area contributed by atoms with Crippen molar-refractivity contribution in [3.05, 3.63) is 0 Å². The standard InChI is InChI=1S/C10H21NO2/c1-9(2)13-8-5-10(3)11(4)6-7-12/h7,9-10H,5-6,8H2,1-4H3. The van der Waals surface area contributed by atoms with Crippen LogP contribution in [-0.2, 0) is 9.53 Å². The summed E-state index contributed by atoms with van der Waals surface area (Å²) in [5, 5.41) is 0. The first-order chi connectivity index (χ1) is 6.07. The van der Waals surface area contributed by atoms with Gasteiger partial charge in [-0.2, -0.15) is 0 Å². The van der Waals surface area contributed by atoms with Gasteiger partial charge in [-0.15, -0.1) is 0 Å². The molecule has 0 aromatic heterocycles. The highest BCUT2D eigenvalue weighted by Gasteiger charge is 2.07. The van der Waals surface area contributed by atoms with Crippen LogP contribution in [0.2, 0.25) is 0 Å². The van der Waals surface area contributed by atoms with E-state index in [2.05, 4.69) is 6.92 Å². The molecule has 0 aromatic rings. The van der Waals surface area contributed by atoms with E-state index >= 15 is 0 Å². The van der Waals surface area contributed by atoms with Crippen molar-refractivity contribution in [1.29, 1.82) is 0 Å². The fourth-order valence-corrected chi connectivity index (χ4v) is 0.992. The normalized spacial score (nSPS) is 13.7. The monoisotopic (exact) mass is 187 g/mol. The Hall–Kier alpha value is -0.410. The minimum atomic E-state index is 0.295. The van der Waals surface area contributed by atoms with Gasteiger partial charge in [0.05, 0.1) is 12.6 Å². The molecular formula is C10H21NO2. The zero-order valence-corrected chi connectivity index (χ0v) is 9.12. The molecule has 0 bridgehead atoms. The number of likely N-dealkylation sites (N-methyl/N-ethyl adjacent to an activating group) is 1. The van der Waals surface area contributed by atoms with Crippen molar-refractivity contribution in [2.75, 3.05) is 20.2 Å². The van der Waals surface area contributed by atoms with Crippen molar-refractivity contribution in [3.8, 4) is 0 Å². The lowest BCUT2D eigenvalue weighted by Gasteiger charge is -2.22. The Morgan fingerprint density at radius 3 is 2.46 bits per heavy atom. The molecule has 0 heterocycles. The Morgan fingerprint density at radius 2 is 2.00 bits per heavy atom. The van der Waals surface area contributed by atoms with Crippen molar-refractivity contribution < 1.29 is 9.53 Å². The smallest absolute Gasteiger partial charge is 0.133 e. The molecule has 0 fully saturated rings. The third-order valence-electron chi connectivity index (χ3n) is 2.10. The van der Waals surface area contributed by atoms with Gasteiger partial charge in [0.2, 0.25) is 0 Å². The summed E-state index contributed by atoms with van der Waals surface area (Å²) in [5.41, 5.74) is 0. The Bertz CT molecular complexity index is 137. The van der Waals surface area contributed by atoms with E-state index in [0.717, 1.165) is 19.3 Å². The number of aldehydes is 1. The molecule has 3 nitrogen and oxygen atoms in total. The van der Waals surface area contributed by atoms with Crippen LogP contribution in [0.4, 0.5) is 0 Å². The molecule has 0 saturated heterocycles. The Morgan fingerprint density at radius 1 is 1.38 bits per heavy atom. The van der Waals surface area contributed by atoms with Crippen molar-refractivity contribution >= 4 is 6.29 Å². The van der Waals surface area contributed by atoms with Gasteiger partial charge in [0.25, 0.3) is 0 Å². The van der Waals surface area contributed by atoms with E-state index in [4.69, 9.17) is 4.74 Å². The van der Waals surface area contributed by atoms with Gasteiger partial charge in [0, 0.05) is 12.6 Å². The molecule has 1 atom stereocenters. The molecule has 0 aliphatic heterocycles. The summed E-state index contributed by atoms with van der Waals surface area (Å²) >= 11 is 0. The second-order valence-corrected chi connectivity index (χ2v) is 3.66. The summed E-state index contributed by atoms with van der Waals surface area (Å²) in [5.74, 6) is 0. The highest BCUT2D eigenvalue weighted by atomic mass is 16.5. The fourth-order valence-electron chi connectivity index (χ4n) is 0.992. The van der Waals surface area contributed by atoms with Crippen LogP contribution in [0, 0.1) is 0 Å². The van der Waals surface area contributed by atoms with Gasteiger partial charge >= 0.3 is 0 Å². The summed E-state index contributed by atoms with van der Waals surface area (Å²) in [6.45, 7) is 7.43. The number of rotatable bonds is 7. The first kappa shape index (κ1) is 12.6. The molecule has 0 N–H and O–H groups in total. The molecule has 0 aromatic carbocycles. The van der Waals surface area contributed by atoms with E-state index in [9.17, 15) is 4.79 Å². The minimum absolute atomic E-state index is 0.295. The van der Waals surface area contributed by atoms with Gasteiger partial charge in [0.1, 0.15) is 6.29 Å². The van der Waals surface area contributed by atoms with Crippen LogP contribution in [0.15, 0.2) is 0 Å². The summed E-state index contributed by atoms with van der Waals surface area (Å²) < 4.78 is 5.43. The zero-order chi connectivity index (χ0) is 10.3. The number of carbonyl (C=O) groups is 1. The molecule has 13 heavy (non-hydrogen) atoms. The maximum absolute atomic E-state index is 10.2. The van der Waals surface area contributed by atoms with Crippen molar-refractivity contribution in [2.45, 2.75) is 39.3 Å². The molecule has 0 spiro atoms. The van der Waals surface area contributed by atoms with E-state index < -0.39 is 0 Å². The predicted octanol–water partition coefficient (Wildman–Crippen LogP) is 1.32. The second-order valence-electron chi connectivity index (χ2n) is 3.66. The number of hydrogen-bond donors (Lipinski definition) is 0. The third kappa shape index (κ3) is 6.72. The topological polar surface area (TPSA) is 29.5 Å². The Balaban J connectivity index is 3.48. The lowest BCUT2D eigenvalue weighted by Crippen LogP contribution is -2.31. The predicted molar refractivity (Wildman–Crippen MR) is 53.9 cm³/mol. The average molecular weight is 187 g/mol. The second kappa shape index (κ2) is 7.04. The fraction of sp³-hybridized carbons (Fsp3) is 0.900. The molecule has 0 rings (SSSR count). The van der Waals surface area contributed by atoms with Gasteiger partial charge in [-0.05, 0) is 34.2 Å². The van der Waals surface area contributed by atoms with Crippen LogP contribution in [-0.4, -0.2) is 43.5 Å². The number of hydrogen-bond acceptors (Lipinski definition) is 3. The highest BCUT2D eigenvalue weighted by Crippen LogP contribution is 2.01. The van der Waals surface area contributed by atoms with Crippen LogP contribution in [0.1, 0.15) is 27.2 Å². The lowest BCUT2D eigenvalue weighted by molar-refractivity contribution is -0.109. The SMILES string of the molecule is CC(C)OCCC(C)N(C)CC=O. The van der Waals surface area contributed by atoms with Gasteiger partial charge < -0.3 is 9.53 Å². The molecule has 0 radical (unpaired) electrons. The maximum atomic E-state index is 10.2. The molecule has 0 aliphatic rings. The van der Waals surface area contributed by atoms with Crippen LogP contribution in [0.3, 0.4) is 0 Å². The minimum Gasteiger partial charge on any atom is -0.379 e. The largest absolute Gasteiger partial charge is 0.379 e. The maximum Gasteiger partial charge on any atom is 0.133 e. The molecule has 0 amide bonds. The van der Waals surface area contributed by atoms with Gasteiger partial charge in [-0.3, -0.25) is 4.90 Å². The highest BCUT2D eigenvalue weighted by molar-refractivity contribution is 5.51. The summed E-state index contributed by atoms with van der Waals surface area (Å²) in [7, 11) is 1.95. The van der Waals surface area contributed by atoms with Gasteiger partial charge in [0.15, 0.2) is 0 Å². The van der Waals surface area contributed by atoms with Crippen LogP contribution in [0.5, 0.6) is 0 Å². The van der Waals surface area contributed by atoms with Crippen LogP contribution in [0.25, 0.3) is 0 Å². The molecule has 3 heteroatoms.